The topological polar surface area (TPSA) is 75.4 Å². The molecule has 0 radical (unpaired) electrons. The minimum atomic E-state index is -0.423. The van der Waals surface area contributed by atoms with Crippen LogP contribution in [0.3, 0.4) is 0 Å². The third-order valence-corrected chi connectivity index (χ3v) is 4.35. The molecule has 3 N–H and O–H groups in total. The molecule has 0 aromatic heterocycles. The monoisotopic (exact) mass is 353 g/mol. The standard InChI is InChI=1S/C18H27N3O2.ClH/c1-2-6-16(18(23)21-10-9-15(12-19)13-21)20-17(22)11-14-7-4-3-5-8-14;/h3-5,7-8,15-16H,2,6,9-13,19H2,1H3,(H,20,22);1H. The van der Waals surface area contributed by atoms with Crippen LogP contribution in [0.15, 0.2) is 30.3 Å². The fourth-order valence-corrected chi connectivity index (χ4v) is 3.02. The molecule has 24 heavy (non-hydrogen) atoms. The maximum Gasteiger partial charge on any atom is 0.245 e. The molecule has 0 spiro atoms. The normalized spacial score (nSPS) is 17.9. The number of halogens is 1. The van der Waals surface area contributed by atoms with Crippen molar-refractivity contribution < 1.29 is 9.59 Å². The first-order valence-electron chi connectivity index (χ1n) is 8.46. The van der Waals surface area contributed by atoms with Crippen molar-refractivity contribution in [3.63, 3.8) is 0 Å². The number of nitrogens with zero attached hydrogens (tertiary/aromatic N) is 1. The summed E-state index contributed by atoms with van der Waals surface area (Å²) in [6.45, 7) is 4.10. The van der Waals surface area contributed by atoms with Crippen molar-refractivity contribution in [3.8, 4) is 0 Å². The van der Waals surface area contributed by atoms with E-state index < -0.39 is 6.04 Å². The summed E-state index contributed by atoms with van der Waals surface area (Å²) in [5, 5.41) is 2.91. The number of hydrogen-bond donors (Lipinski definition) is 2. The molecule has 2 unspecified atom stereocenters. The highest BCUT2D eigenvalue weighted by atomic mass is 35.5. The molecule has 1 saturated heterocycles. The summed E-state index contributed by atoms with van der Waals surface area (Å²) < 4.78 is 0. The van der Waals surface area contributed by atoms with Crippen molar-refractivity contribution in [2.24, 2.45) is 11.7 Å². The Morgan fingerprint density at radius 3 is 2.62 bits per heavy atom. The predicted molar refractivity (Wildman–Crippen MR) is 98.0 cm³/mol. The van der Waals surface area contributed by atoms with Crippen LogP contribution in [-0.2, 0) is 16.0 Å². The van der Waals surface area contributed by atoms with Crippen molar-refractivity contribution >= 4 is 24.2 Å². The van der Waals surface area contributed by atoms with Crippen molar-refractivity contribution in [2.75, 3.05) is 19.6 Å². The molecule has 0 bridgehead atoms. The molecule has 134 valence electrons. The second kappa shape index (κ2) is 10.3. The van der Waals surface area contributed by atoms with E-state index in [1.54, 1.807) is 0 Å². The van der Waals surface area contributed by atoms with Crippen LogP contribution in [0.5, 0.6) is 0 Å². The van der Waals surface area contributed by atoms with Crippen molar-refractivity contribution in [1.82, 2.24) is 10.2 Å². The van der Waals surface area contributed by atoms with Crippen LogP contribution in [0.4, 0.5) is 0 Å². The number of nitrogens with one attached hydrogen (secondary N) is 1. The fraction of sp³-hybridized carbons (Fsp3) is 0.556. The van der Waals surface area contributed by atoms with Crippen LogP contribution in [0.1, 0.15) is 31.7 Å². The summed E-state index contributed by atoms with van der Waals surface area (Å²) in [6, 6.07) is 9.16. The zero-order chi connectivity index (χ0) is 16.7. The summed E-state index contributed by atoms with van der Waals surface area (Å²) in [6.07, 6.45) is 2.79. The molecule has 1 aromatic carbocycles. The lowest BCUT2D eigenvalue weighted by Gasteiger charge is -2.24. The van der Waals surface area contributed by atoms with E-state index in [2.05, 4.69) is 5.32 Å². The van der Waals surface area contributed by atoms with E-state index >= 15 is 0 Å². The van der Waals surface area contributed by atoms with Crippen LogP contribution >= 0.6 is 12.4 Å². The van der Waals surface area contributed by atoms with Gasteiger partial charge < -0.3 is 16.0 Å². The van der Waals surface area contributed by atoms with Crippen LogP contribution in [-0.4, -0.2) is 42.4 Å². The summed E-state index contributed by atoms with van der Waals surface area (Å²) in [5.74, 6) is 0.322. The molecule has 1 aromatic rings. The number of rotatable bonds is 7. The van der Waals surface area contributed by atoms with Crippen molar-refractivity contribution in [3.05, 3.63) is 35.9 Å². The lowest BCUT2D eigenvalue weighted by atomic mass is 10.1. The Morgan fingerprint density at radius 1 is 1.33 bits per heavy atom. The van der Waals surface area contributed by atoms with Gasteiger partial charge in [-0.15, -0.1) is 12.4 Å². The Labute approximate surface area is 150 Å². The molecule has 1 aliphatic heterocycles. The Morgan fingerprint density at radius 2 is 2.04 bits per heavy atom. The summed E-state index contributed by atoms with van der Waals surface area (Å²) in [7, 11) is 0. The average Bonchev–Trinajstić information content (AvgIpc) is 3.03. The minimum Gasteiger partial charge on any atom is -0.344 e. The summed E-state index contributed by atoms with van der Waals surface area (Å²) in [5.41, 5.74) is 6.65. The quantitative estimate of drug-likeness (QED) is 0.784. The Hall–Kier alpha value is -1.59. The maximum absolute atomic E-state index is 12.7. The molecule has 2 rings (SSSR count). The Kier molecular flexibility index (Phi) is 8.79. The van der Waals surface area contributed by atoms with E-state index in [9.17, 15) is 9.59 Å². The van der Waals surface area contributed by atoms with Crippen LogP contribution in [0.25, 0.3) is 0 Å². The lowest BCUT2D eigenvalue weighted by molar-refractivity contribution is -0.135. The fourth-order valence-electron chi connectivity index (χ4n) is 3.02. The smallest absolute Gasteiger partial charge is 0.245 e. The molecular formula is C18H28ClN3O2. The maximum atomic E-state index is 12.7. The highest BCUT2D eigenvalue weighted by Gasteiger charge is 2.30. The average molecular weight is 354 g/mol. The second-order valence-corrected chi connectivity index (χ2v) is 6.25. The third kappa shape index (κ3) is 5.80. The molecular weight excluding hydrogens is 326 g/mol. The first-order chi connectivity index (χ1) is 11.1. The Bertz CT molecular complexity index is 524. The van der Waals surface area contributed by atoms with Gasteiger partial charge in [-0.3, -0.25) is 9.59 Å². The van der Waals surface area contributed by atoms with Gasteiger partial charge in [0.25, 0.3) is 0 Å². The van der Waals surface area contributed by atoms with E-state index in [0.29, 0.717) is 31.8 Å². The van der Waals surface area contributed by atoms with Gasteiger partial charge in [-0.05, 0) is 30.9 Å². The van der Waals surface area contributed by atoms with E-state index in [1.165, 1.54) is 0 Å². The molecule has 0 aliphatic carbocycles. The van der Waals surface area contributed by atoms with Gasteiger partial charge in [-0.25, -0.2) is 0 Å². The van der Waals surface area contributed by atoms with E-state index in [4.69, 9.17) is 5.73 Å². The Balaban J connectivity index is 0.00000288. The number of likely N-dealkylation sites (tertiary alicyclic amines) is 1. The van der Waals surface area contributed by atoms with E-state index in [0.717, 1.165) is 24.9 Å². The lowest BCUT2D eigenvalue weighted by Crippen LogP contribution is -2.48. The molecule has 6 heteroatoms. The number of carbonyl (C=O) groups is 2. The van der Waals surface area contributed by atoms with Gasteiger partial charge in [0.1, 0.15) is 6.04 Å². The van der Waals surface area contributed by atoms with Gasteiger partial charge in [-0.2, -0.15) is 0 Å². The number of hydrogen-bond acceptors (Lipinski definition) is 3. The SMILES string of the molecule is CCCC(NC(=O)Cc1ccccc1)C(=O)N1CCC(CN)C1.Cl. The molecule has 2 amide bonds. The summed E-state index contributed by atoms with van der Waals surface area (Å²) >= 11 is 0. The zero-order valence-electron chi connectivity index (χ0n) is 14.2. The highest BCUT2D eigenvalue weighted by Crippen LogP contribution is 2.17. The van der Waals surface area contributed by atoms with Crippen LogP contribution in [0.2, 0.25) is 0 Å². The number of amides is 2. The van der Waals surface area contributed by atoms with E-state index in [-0.39, 0.29) is 24.2 Å². The first-order valence-corrected chi connectivity index (χ1v) is 8.46. The van der Waals surface area contributed by atoms with Crippen LogP contribution in [0, 0.1) is 5.92 Å². The van der Waals surface area contributed by atoms with Crippen molar-refractivity contribution in [1.29, 1.82) is 0 Å². The van der Waals surface area contributed by atoms with Crippen LogP contribution < -0.4 is 11.1 Å². The molecule has 1 fully saturated rings. The number of benzene rings is 1. The van der Waals surface area contributed by atoms with Gasteiger partial charge in [-0.1, -0.05) is 43.7 Å². The highest BCUT2D eigenvalue weighted by molar-refractivity contribution is 5.88. The summed E-state index contributed by atoms with van der Waals surface area (Å²) in [4.78, 5) is 26.7. The van der Waals surface area contributed by atoms with E-state index in [1.807, 2.05) is 42.2 Å². The number of nitrogens with two attached hydrogens (primary N) is 1. The second-order valence-electron chi connectivity index (χ2n) is 6.25. The van der Waals surface area contributed by atoms with Crippen molar-refractivity contribution in [2.45, 2.75) is 38.6 Å². The van der Waals surface area contributed by atoms with Gasteiger partial charge in [0.05, 0.1) is 6.42 Å². The molecule has 0 saturated carbocycles. The zero-order valence-corrected chi connectivity index (χ0v) is 15.1. The predicted octanol–water partition coefficient (Wildman–Crippen LogP) is 1.74. The van der Waals surface area contributed by atoms with Gasteiger partial charge in [0.2, 0.25) is 11.8 Å². The minimum absolute atomic E-state index is 0. The first kappa shape index (κ1) is 20.5. The molecule has 1 aliphatic rings. The largest absolute Gasteiger partial charge is 0.344 e. The number of carbonyl (C=O) groups excluding carboxylic acids is 2. The molecule has 2 atom stereocenters. The third-order valence-electron chi connectivity index (χ3n) is 4.35. The molecule has 5 nitrogen and oxygen atoms in total. The van der Waals surface area contributed by atoms with Gasteiger partial charge in [0.15, 0.2) is 0 Å². The van der Waals surface area contributed by atoms with Gasteiger partial charge >= 0.3 is 0 Å². The molecule has 1 heterocycles. The van der Waals surface area contributed by atoms with Gasteiger partial charge in [0, 0.05) is 13.1 Å².